The lowest BCUT2D eigenvalue weighted by Crippen LogP contribution is -2.25. The molecule has 0 unspecified atom stereocenters. The predicted molar refractivity (Wildman–Crippen MR) is 76.6 cm³/mol. The summed E-state index contributed by atoms with van der Waals surface area (Å²) in [7, 11) is 0. The van der Waals surface area contributed by atoms with Gasteiger partial charge in [-0.25, -0.2) is 5.10 Å². The van der Waals surface area contributed by atoms with E-state index in [9.17, 15) is 9.59 Å². The van der Waals surface area contributed by atoms with Crippen molar-refractivity contribution in [3.8, 4) is 0 Å². The van der Waals surface area contributed by atoms with Crippen LogP contribution in [-0.2, 0) is 17.8 Å². The Hall–Kier alpha value is -2.89. The number of aromatic amines is 1. The molecule has 106 valence electrons. The van der Waals surface area contributed by atoms with Crippen LogP contribution < -0.4 is 10.9 Å². The zero-order valence-electron chi connectivity index (χ0n) is 11.1. The lowest BCUT2D eigenvalue weighted by molar-refractivity contribution is -0.120. The molecule has 1 aromatic carbocycles. The third-order valence-electron chi connectivity index (χ3n) is 3.17. The first-order valence-electron chi connectivity index (χ1n) is 6.48. The number of carbonyl (C=O) groups excluding carboxylic acids is 1. The van der Waals surface area contributed by atoms with Gasteiger partial charge in [0, 0.05) is 17.5 Å². The molecule has 2 heterocycles. The lowest BCUT2D eigenvalue weighted by atomic mass is 10.1. The number of benzene rings is 1. The van der Waals surface area contributed by atoms with Crippen LogP contribution in [-0.4, -0.2) is 16.1 Å². The molecule has 1 amide bonds. The lowest BCUT2D eigenvalue weighted by Gasteiger charge is -2.05. The zero-order chi connectivity index (χ0) is 14.7. The van der Waals surface area contributed by atoms with Crippen LogP contribution in [0.4, 0.5) is 0 Å². The average Bonchev–Trinajstić information content (AvgIpc) is 3.02. The van der Waals surface area contributed by atoms with Gasteiger partial charge in [0.15, 0.2) is 0 Å². The van der Waals surface area contributed by atoms with Crippen molar-refractivity contribution in [3.63, 3.8) is 0 Å². The van der Waals surface area contributed by atoms with Gasteiger partial charge in [0.25, 0.3) is 5.56 Å². The quantitative estimate of drug-likeness (QED) is 0.757. The Balaban J connectivity index is 1.77. The van der Waals surface area contributed by atoms with Crippen molar-refractivity contribution in [2.45, 2.75) is 13.0 Å². The number of hydrogen-bond acceptors (Lipinski definition) is 4. The molecule has 0 radical (unpaired) electrons. The highest BCUT2D eigenvalue weighted by Crippen LogP contribution is 2.12. The Bertz CT molecular complexity index is 822. The standard InChI is InChI=1S/C15H13N3O3/c19-14(16-8-10-5-6-21-9-10)7-13-11-3-1-2-4-12(11)15(20)18-17-13/h1-6,9H,7-8H2,(H,16,19)(H,18,20). The van der Waals surface area contributed by atoms with E-state index >= 15 is 0 Å². The number of amides is 1. The summed E-state index contributed by atoms with van der Waals surface area (Å²) < 4.78 is 4.93. The zero-order valence-corrected chi connectivity index (χ0v) is 11.1. The smallest absolute Gasteiger partial charge is 0.272 e. The fraction of sp³-hybridized carbons (Fsp3) is 0.133. The molecule has 6 nitrogen and oxygen atoms in total. The first kappa shape index (κ1) is 13.1. The molecule has 0 aliphatic carbocycles. The summed E-state index contributed by atoms with van der Waals surface area (Å²) in [6.07, 6.45) is 3.24. The SMILES string of the molecule is O=C(Cc1n[nH]c(=O)c2ccccc12)NCc1ccoc1. The van der Waals surface area contributed by atoms with Gasteiger partial charge in [-0.3, -0.25) is 9.59 Å². The maximum Gasteiger partial charge on any atom is 0.272 e. The summed E-state index contributed by atoms with van der Waals surface area (Å²) in [6, 6.07) is 8.88. The van der Waals surface area contributed by atoms with Crippen LogP contribution >= 0.6 is 0 Å². The summed E-state index contributed by atoms with van der Waals surface area (Å²) in [6.45, 7) is 0.399. The minimum atomic E-state index is -0.256. The van der Waals surface area contributed by atoms with Crippen LogP contribution in [0.15, 0.2) is 52.1 Å². The molecular formula is C15H13N3O3. The molecule has 0 fully saturated rings. The largest absolute Gasteiger partial charge is 0.472 e. The van der Waals surface area contributed by atoms with Crippen molar-refractivity contribution in [2.75, 3.05) is 0 Å². The molecule has 3 aromatic rings. The third-order valence-corrected chi connectivity index (χ3v) is 3.17. The molecule has 0 saturated carbocycles. The van der Waals surface area contributed by atoms with Crippen molar-refractivity contribution in [1.82, 2.24) is 15.5 Å². The van der Waals surface area contributed by atoms with Gasteiger partial charge in [-0.1, -0.05) is 18.2 Å². The van der Waals surface area contributed by atoms with Gasteiger partial charge in [-0.05, 0) is 12.1 Å². The monoisotopic (exact) mass is 283 g/mol. The fourth-order valence-corrected chi connectivity index (χ4v) is 2.11. The van der Waals surface area contributed by atoms with E-state index in [1.165, 1.54) is 0 Å². The third kappa shape index (κ3) is 2.84. The van der Waals surface area contributed by atoms with Gasteiger partial charge in [-0.2, -0.15) is 5.10 Å². The number of H-pyrrole nitrogens is 1. The summed E-state index contributed by atoms with van der Waals surface area (Å²) >= 11 is 0. The minimum Gasteiger partial charge on any atom is -0.472 e. The molecule has 21 heavy (non-hydrogen) atoms. The van der Waals surface area contributed by atoms with Gasteiger partial charge in [0.2, 0.25) is 5.91 Å². The molecule has 0 spiro atoms. The van der Waals surface area contributed by atoms with E-state index in [1.807, 2.05) is 6.07 Å². The van der Waals surface area contributed by atoms with Crippen LogP contribution in [0.25, 0.3) is 10.8 Å². The molecule has 6 heteroatoms. The minimum absolute atomic E-state index is 0.106. The van der Waals surface area contributed by atoms with E-state index in [-0.39, 0.29) is 17.9 Å². The van der Waals surface area contributed by atoms with Crippen LogP contribution in [0.5, 0.6) is 0 Å². The average molecular weight is 283 g/mol. The van der Waals surface area contributed by atoms with Gasteiger partial charge >= 0.3 is 0 Å². The molecule has 0 atom stereocenters. The van der Waals surface area contributed by atoms with Crippen molar-refractivity contribution in [1.29, 1.82) is 0 Å². The number of nitrogens with zero attached hydrogens (tertiary/aromatic N) is 1. The van der Waals surface area contributed by atoms with Gasteiger partial charge in [0.05, 0.1) is 30.0 Å². The highest BCUT2D eigenvalue weighted by molar-refractivity contribution is 5.88. The van der Waals surface area contributed by atoms with Gasteiger partial charge in [0.1, 0.15) is 0 Å². The Morgan fingerprint density at radius 2 is 2.05 bits per heavy atom. The summed E-state index contributed by atoms with van der Waals surface area (Å²) in [4.78, 5) is 23.6. The summed E-state index contributed by atoms with van der Waals surface area (Å²) in [5.41, 5.74) is 1.19. The van der Waals surface area contributed by atoms with Crippen molar-refractivity contribution in [2.24, 2.45) is 0 Å². The van der Waals surface area contributed by atoms with Gasteiger partial charge in [-0.15, -0.1) is 0 Å². The van der Waals surface area contributed by atoms with Gasteiger partial charge < -0.3 is 9.73 Å². The Kier molecular flexibility index (Phi) is 3.51. The molecular weight excluding hydrogens is 270 g/mol. The van der Waals surface area contributed by atoms with Crippen LogP contribution in [0.2, 0.25) is 0 Å². The summed E-state index contributed by atoms with van der Waals surface area (Å²) in [5, 5.41) is 10.4. The number of hydrogen-bond donors (Lipinski definition) is 2. The first-order chi connectivity index (χ1) is 10.2. The highest BCUT2D eigenvalue weighted by Gasteiger charge is 2.10. The number of carbonyl (C=O) groups is 1. The van der Waals surface area contributed by atoms with E-state index in [0.717, 1.165) is 5.56 Å². The van der Waals surface area contributed by atoms with Crippen LogP contribution in [0.1, 0.15) is 11.3 Å². The molecule has 0 aliphatic heterocycles. The molecule has 2 aromatic heterocycles. The second kappa shape index (κ2) is 5.62. The maximum absolute atomic E-state index is 12.0. The highest BCUT2D eigenvalue weighted by atomic mass is 16.3. The maximum atomic E-state index is 12.0. The number of rotatable bonds is 4. The first-order valence-corrected chi connectivity index (χ1v) is 6.48. The van der Waals surface area contributed by atoms with Crippen LogP contribution in [0, 0.1) is 0 Å². The summed E-state index contributed by atoms with van der Waals surface area (Å²) in [5.74, 6) is -0.166. The number of furan rings is 1. The van der Waals surface area contributed by atoms with E-state index in [0.29, 0.717) is 23.0 Å². The Labute approximate surface area is 119 Å². The molecule has 0 bridgehead atoms. The Morgan fingerprint density at radius 1 is 1.24 bits per heavy atom. The second-order valence-electron chi connectivity index (χ2n) is 4.63. The van der Waals surface area contributed by atoms with Crippen molar-refractivity contribution >= 4 is 16.7 Å². The van der Waals surface area contributed by atoms with E-state index in [2.05, 4.69) is 15.5 Å². The fourth-order valence-electron chi connectivity index (χ4n) is 2.11. The molecule has 2 N–H and O–H groups in total. The Morgan fingerprint density at radius 3 is 2.81 bits per heavy atom. The molecule has 0 saturated heterocycles. The van der Waals surface area contributed by atoms with E-state index < -0.39 is 0 Å². The number of aromatic nitrogens is 2. The van der Waals surface area contributed by atoms with E-state index in [1.54, 1.807) is 36.8 Å². The molecule has 0 aliphatic rings. The predicted octanol–water partition coefficient (Wildman–Crippen LogP) is 1.37. The second-order valence-corrected chi connectivity index (χ2v) is 4.63. The van der Waals surface area contributed by atoms with Crippen molar-refractivity contribution < 1.29 is 9.21 Å². The van der Waals surface area contributed by atoms with Crippen molar-refractivity contribution in [3.05, 3.63) is 64.5 Å². The number of fused-ring (bicyclic) bond motifs is 1. The topological polar surface area (TPSA) is 88.0 Å². The normalized spacial score (nSPS) is 10.7. The molecule has 3 rings (SSSR count). The van der Waals surface area contributed by atoms with E-state index in [4.69, 9.17) is 4.42 Å². The number of nitrogens with one attached hydrogen (secondary N) is 2. The van der Waals surface area contributed by atoms with Crippen LogP contribution in [0.3, 0.4) is 0 Å².